The Morgan fingerprint density at radius 1 is 1.00 bits per heavy atom. The van der Waals surface area contributed by atoms with Crippen LogP contribution in [0.15, 0.2) is 91.6 Å². The van der Waals surface area contributed by atoms with Crippen molar-refractivity contribution in [2.45, 2.75) is 64.1 Å². The number of fused-ring (bicyclic) bond motifs is 1. The first-order chi connectivity index (χ1) is 18.3. The quantitative estimate of drug-likeness (QED) is 0.242. The van der Waals surface area contributed by atoms with Crippen LogP contribution in [0.2, 0.25) is 5.02 Å². The van der Waals surface area contributed by atoms with Gasteiger partial charge in [-0.1, -0.05) is 98.8 Å². The molecule has 5 rings (SSSR count). The zero-order chi connectivity index (χ0) is 26.9. The molecule has 1 unspecified atom stereocenters. The standard InChI is InChI=1S/C33H37ClN4/c1-6-33(7-2,27-17-13-24(14-18-27)25-15-19-28(34)20-16-25)37-23(3)29-22-35-38-31(29)36-30(21-32(38,4)5)26-11-9-8-10-12-26/h8-20,22,30,36-37H,3,6-7,21H2,1-2,4-5H3. The zero-order valence-electron chi connectivity index (χ0n) is 22.8. The van der Waals surface area contributed by atoms with Crippen molar-refractivity contribution >= 4 is 23.1 Å². The van der Waals surface area contributed by atoms with E-state index in [0.29, 0.717) is 0 Å². The van der Waals surface area contributed by atoms with Gasteiger partial charge in [-0.25, -0.2) is 4.68 Å². The first-order valence-corrected chi connectivity index (χ1v) is 13.9. The summed E-state index contributed by atoms with van der Waals surface area (Å²) in [5.74, 6) is 1.02. The summed E-state index contributed by atoms with van der Waals surface area (Å²) < 4.78 is 2.12. The SMILES string of the molecule is C=C(NC(CC)(CC)c1ccc(-c2ccc(Cl)cc2)cc1)c1cnn2c1NC(c1ccccc1)CC2(C)C. The fourth-order valence-corrected chi connectivity index (χ4v) is 5.87. The maximum Gasteiger partial charge on any atom is 0.134 e. The summed E-state index contributed by atoms with van der Waals surface area (Å²) in [5.41, 5.74) is 6.40. The maximum absolute atomic E-state index is 6.08. The molecule has 4 aromatic rings. The smallest absolute Gasteiger partial charge is 0.134 e. The highest BCUT2D eigenvalue weighted by Gasteiger charge is 2.37. The van der Waals surface area contributed by atoms with Gasteiger partial charge in [-0.15, -0.1) is 0 Å². The average molecular weight is 525 g/mol. The van der Waals surface area contributed by atoms with Crippen LogP contribution in [0.25, 0.3) is 16.8 Å². The second-order valence-corrected chi connectivity index (χ2v) is 11.4. The third-order valence-electron chi connectivity index (χ3n) is 8.10. The Kier molecular flexibility index (Phi) is 7.11. The van der Waals surface area contributed by atoms with Gasteiger partial charge < -0.3 is 10.6 Å². The third kappa shape index (κ3) is 4.86. The Morgan fingerprint density at radius 3 is 2.21 bits per heavy atom. The summed E-state index contributed by atoms with van der Waals surface area (Å²) in [6.07, 6.45) is 4.76. The largest absolute Gasteiger partial charge is 0.375 e. The Bertz CT molecular complexity index is 1400. The van der Waals surface area contributed by atoms with Crippen LogP contribution in [0.4, 0.5) is 5.82 Å². The van der Waals surface area contributed by atoms with E-state index in [4.69, 9.17) is 16.7 Å². The normalized spacial score (nSPS) is 16.4. The minimum Gasteiger partial charge on any atom is -0.375 e. The molecular weight excluding hydrogens is 488 g/mol. The first-order valence-electron chi connectivity index (χ1n) is 13.5. The van der Waals surface area contributed by atoms with Crippen molar-refractivity contribution in [2.24, 2.45) is 0 Å². The lowest BCUT2D eigenvalue weighted by molar-refractivity contribution is 0.263. The molecule has 1 aliphatic heterocycles. The predicted octanol–water partition coefficient (Wildman–Crippen LogP) is 8.77. The number of nitrogens with one attached hydrogen (secondary N) is 2. The molecule has 38 heavy (non-hydrogen) atoms. The van der Waals surface area contributed by atoms with Gasteiger partial charge >= 0.3 is 0 Å². The van der Waals surface area contributed by atoms with E-state index in [-0.39, 0.29) is 17.1 Å². The van der Waals surface area contributed by atoms with Crippen molar-refractivity contribution in [1.29, 1.82) is 0 Å². The highest BCUT2D eigenvalue weighted by atomic mass is 35.5. The van der Waals surface area contributed by atoms with Gasteiger partial charge in [0.2, 0.25) is 0 Å². The summed E-state index contributed by atoms with van der Waals surface area (Å²) in [5, 5.41) is 13.2. The molecule has 5 heteroatoms. The van der Waals surface area contributed by atoms with Gasteiger partial charge in [0.15, 0.2) is 0 Å². The summed E-state index contributed by atoms with van der Waals surface area (Å²) >= 11 is 6.08. The number of aromatic nitrogens is 2. The molecule has 0 radical (unpaired) electrons. The molecule has 1 aliphatic rings. The molecule has 196 valence electrons. The van der Waals surface area contributed by atoms with E-state index in [1.54, 1.807) is 0 Å². The van der Waals surface area contributed by atoms with E-state index in [1.165, 1.54) is 16.7 Å². The van der Waals surface area contributed by atoms with Crippen LogP contribution in [-0.4, -0.2) is 9.78 Å². The summed E-state index contributed by atoms with van der Waals surface area (Å²) in [6, 6.07) is 27.7. The molecule has 0 fully saturated rings. The fraction of sp³-hybridized carbons (Fsp3) is 0.303. The summed E-state index contributed by atoms with van der Waals surface area (Å²) in [6.45, 7) is 13.5. The van der Waals surface area contributed by atoms with Gasteiger partial charge in [0.25, 0.3) is 0 Å². The highest BCUT2D eigenvalue weighted by molar-refractivity contribution is 6.30. The Hall–Kier alpha value is -3.50. The molecule has 2 heterocycles. The Labute approximate surface area is 231 Å². The van der Waals surface area contributed by atoms with Gasteiger partial charge in [-0.05, 0) is 67.5 Å². The summed E-state index contributed by atoms with van der Waals surface area (Å²) in [7, 11) is 0. The molecule has 0 aliphatic carbocycles. The van der Waals surface area contributed by atoms with E-state index < -0.39 is 0 Å². The van der Waals surface area contributed by atoms with Crippen LogP contribution in [-0.2, 0) is 11.1 Å². The molecule has 0 amide bonds. The van der Waals surface area contributed by atoms with Crippen molar-refractivity contribution in [3.8, 4) is 11.1 Å². The lowest BCUT2D eigenvalue weighted by Crippen LogP contribution is -2.41. The summed E-state index contributed by atoms with van der Waals surface area (Å²) in [4.78, 5) is 0. The van der Waals surface area contributed by atoms with Crippen molar-refractivity contribution in [3.63, 3.8) is 0 Å². The van der Waals surface area contributed by atoms with Crippen LogP contribution in [0.5, 0.6) is 0 Å². The van der Waals surface area contributed by atoms with Gasteiger partial charge in [0.05, 0.1) is 28.9 Å². The van der Waals surface area contributed by atoms with Crippen LogP contribution in [0.3, 0.4) is 0 Å². The first kappa shape index (κ1) is 26.1. The van der Waals surface area contributed by atoms with Crippen molar-refractivity contribution in [1.82, 2.24) is 15.1 Å². The number of hydrogen-bond acceptors (Lipinski definition) is 3. The van der Waals surface area contributed by atoms with Gasteiger partial charge in [-0.3, -0.25) is 0 Å². The molecule has 0 saturated heterocycles. The maximum atomic E-state index is 6.08. The second-order valence-electron chi connectivity index (χ2n) is 10.9. The number of rotatable bonds is 8. The van der Waals surface area contributed by atoms with E-state index in [2.05, 4.69) is 116 Å². The molecule has 0 bridgehead atoms. The molecule has 4 nitrogen and oxygen atoms in total. The average Bonchev–Trinajstić information content (AvgIpc) is 3.38. The topological polar surface area (TPSA) is 41.9 Å². The number of nitrogens with zero attached hydrogens (tertiary/aromatic N) is 2. The molecule has 0 spiro atoms. The van der Waals surface area contributed by atoms with E-state index in [9.17, 15) is 0 Å². The minimum atomic E-state index is -0.243. The molecule has 3 aromatic carbocycles. The van der Waals surface area contributed by atoms with Crippen molar-refractivity contribution in [2.75, 3.05) is 5.32 Å². The molecular formula is C33H37ClN4. The predicted molar refractivity (Wildman–Crippen MR) is 160 cm³/mol. The monoisotopic (exact) mass is 524 g/mol. The van der Waals surface area contributed by atoms with E-state index in [1.807, 2.05) is 18.3 Å². The third-order valence-corrected chi connectivity index (χ3v) is 8.35. The van der Waals surface area contributed by atoms with Crippen LogP contribution in [0.1, 0.15) is 69.7 Å². The number of hydrogen-bond donors (Lipinski definition) is 2. The molecule has 2 N–H and O–H groups in total. The Balaban J connectivity index is 1.43. The van der Waals surface area contributed by atoms with Gasteiger partial charge in [0, 0.05) is 10.7 Å². The minimum absolute atomic E-state index is 0.121. The van der Waals surface area contributed by atoms with Gasteiger partial charge in [0.1, 0.15) is 5.82 Å². The lowest BCUT2D eigenvalue weighted by Gasteiger charge is -2.39. The fourth-order valence-electron chi connectivity index (χ4n) is 5.74. The van der Waals surface area contributed by atoms with Crippen molar-refractivity contribution < 1.29 is 0 Å². The highest BCUT2D eigenvalue weighted by Crippen LogP contribution is 2.42. The molecule has 1 aromatic heterocycles. The van der Waals surface area contributed by atoms with Gasteiger partial charge in [-0.2, -0.15) is 5.10 Å². The number of halogens is 1. The van der Waals surface area contributed by atoms with E-state index >= 15 is 0 Å². The zero-order valence-corrected chi connectivity index (χ0v) is 23.5. The van der Waals surface area contributed by atoms with Crippen LogP contribution < -0.4 is 10.6 Å². The second kappa shape index (κ2) is 10.3. The number of anilines is 1. The van der Waals surface area contributed by atoms with E-state index in [0.717, 1.165) is 46.9 Å². The number of benzene rings is 3. The molecule has 1 atom stereocenters. The Morgan fingerprint density at radius 2 is 1.61 bits per heavy atom. The van der Waals surface area contributed by atoms with Crippen molar-refractivity contribution in [3.05, 3.63) is 113 Å². The lowest BCUT2D eigenvalue weighted by atomic mass is 9.83. The van der Waals surface area contributed by atoms with Crippen LogP contribution >= 0.6 is 11.6 Å². The van der Waals surface area contributed by atoms with Crippen LogP contribution in [0, 0.1) is 0 Å². The molecule has 0 saturated carbocycles.